The van der Waals surface area contributed by atoms with Crippen LogP contribution >= 0.6 is 0 Å². The molecule has 0 saturated heterocycles. The summed E-state index contributed by atoms with van der Waals surface area (Å²) in [5, 5.41) is 2.69. The molecular formula is C18H14N2O6Se. The molecule has 2 amide bonds. The van der Waals surface area contributed by atoms with Crippen molar-refractivity contribution in [2.75, 3.05) is 13.6 Å². The van der Waals surface area contributed by atoms with E-state index in [9.17, 15) is 9.59 Å². The van der Waals surface area contributed by atoms with Gasteiger partial charge in [0.15, 0.2) is 0 Å². The first-order chi connectivity index (χ1) is 13.1. The molecule has 0 aliphatic carbocycles. The van der Waals surface area contributed by atoms with Gasteiger partial charge in [0.25, 0.3) is 0 Å². The molecule has 2 aliphatic heterocycles. The van der Waals surface area contributed by atoms with Gasteiger partial charge in [-0.3, -0.25) is 0 Å². The zero-order chi connectivity index (χ0) is 18.8. The molecule has 0 aromatic heterocycles. The molecule has 0 unspecified atom stereocenters. The van der Waals surface area contributed by atoms with Crippen LogP contribution in [0.3, 0.4) is 0 Å². The summed E-state index contributed by atoms with van der Waals surface area (Å²) in [4.78, 5) is 28.9. The molecule has 8 nitrogen and oxygen atoms in total. The van der Waals surface area contributed by atoms with Gasteiger partial charge in [-0.2, -0.15) is 0 Å². The predicted octanol–water partition coefficient (Wildman–Crippen LogP) is 1.82. The number of hydrogen-bond acceptors (Lipinski definition) is 6. The van der Waals surface area contributed by atoms with Gasteiger partial charge in [-0.1, -0.05) is 0 Å². The van der Waals surface area contributed by atoms with Gasteiger partial charge in [0, 0.05) is 0 Å². The molecule has 0 saturated carbocycles. The Kier molecular flexibility index (Phi) is 4.70. The van der Waals surface area contributed by atoms with E-state index in [4.69, 9.17) is 18.9 Å². The fraction of sp³-hybridized carbons (Fsp3) is 0.167. The zero-order valence-electron chi connectivity index (χ0n) is 14.2. The van der Waals surface area contributed by atoms with Crippen molar-refractivity contribution in [3.05, 3.63) is 47.5 Å². The third kappa shape index (κ3) is 3.60. The van der Waals surface area contributed by atoms with Crippen molar-refractivity contribution in [3.63, 3.8) is 0 Å². The minimum absolute atomic E-state index is 0.130. The van der Waals surface area contributed by atoms with Gasteiger partial charge >= 0.3 is 160 Å². The number of nitrogens with zero attached hydrogens (tertiary/aromatic N) is 1. The van der Waals surface area contributed by atoms with E-state index in [1.54, 1.807) is 36.4 Å². The van der Waals surface area contributed by atoms with E-state index in [-0.39, 0.29) is 34.4 Å². The van der Waals surface area contributed by atoms with Crippen molar-refractivity contribution in [1.29, 1.82) is 0 Å². The quantitative estimate of drug-likeness (QED) is 0.451. The number of carbonyl (C=O) groups excluding carboxylic acids is 2. The Labute approximate surface area is 160 Å². The first-order valence-corrected chi connectivity index (χ1v) is 10.5. The molecule has 9 heteroatoms. The number of carbonyl (C=O) groups is 2. The van der Waals surface area contributed by atoms with Crippen LogP contribution in [0.15, 0.2) is 41.4 Å². The summed E-state index contributed by atoms with van der Waals surface area (Å²) in [5.74, 6) is 3.24. The molecular weight excluding hydrogens is 419 g/mol. The molecule has 27 heavy (non-hydrogen) atoms. The summed E-state index contributed by atoms with van der Waals surface area (Å²) >= 11 is -0.196. The van der Waals surface area contributed by atoms with Crippen molar-refractivity contribution in [2.45, 2.75) is 5.82 Å². The maximum absolute atomic E-state index is 12.5. The molecule has 2 aromatic rings. The fourth-order valence-electron chi connectivity index (χ4n) is 2.52. The van der Waals surface area contributed by atoms with E-state index in [0.717, 1.165) is 0 Å². The van der Waals surface area contributed by atoms with Crippen LogP contribution in [-0.4, -0.2) is 45.1 Å². The zero-order valence-corrected chi connectivity index (χ0v) is 15.9. The average molecular weight is 433 g/mol. The summed E-state index contributed by atoms with van der Waals surface area (Å²) < 4.78 is 21.3. The van der Waals surface area contributed by atoms with E-state index >= 15 is 0 Å². The molecule has 4 rings (SSSR count). The van der Waals surface area contributed by atoms with E-state index in [0.29, 0.717) is 38.9 Å². The molecule has 2 aliphatic rings. The van der Waals surface area contributed by atoms with Crippen LogP contribution in [0.25, 0.3) is 0 Å². The molecule has 0 fully saturated rings. The van der Waals surface area contributed by atoms with Gasteiger partial charge in [0.1, 0.15) is 0 Å². The number of amides is 2. The molecule has 0 atom stereocenters. The van der Waals surface area contributed by atoms with Crippen LogP contribution < -0.4 is 24.3 Å². The van der Waals surface area contributed by atoms with Crippen LogP contribution in [0.2, 0.25) is 5.82 Å². The molecule has 2 heterocycles. The number of fused-ring (bicyclic) bond motifs is 2. The fourth-order valence-corrected chi connectivity index (χ4v) is 3.29. The summed E-state index contributed by atoms with van der Waals surface area (Å²) in [6, 6.07) is 9.74. The number of hydrogen-bond donors (Lipinski definition) is 1. The first-order valence-electron chi connectivity index (χ1n) is 7.92. The van der Waals surface area contributed by atoms with Gasteiger partial charge in [-0.15, -0.1) is 0 Å². The van der Waals surface area contributed by atoms with Crippen LogP contribution in [0.1, 0.15) is 20.7 Å². The van der Waals surface area contributed by atoms with Crippen molar-refractivity contribution in [2.24, 2.45) is 4.99 Å². The number of benzene rings is 2. The van der Waals surface area contributed by atoms with E-state index in [1.165, 1.54) is 0 Å². The van der Waals surface area contributed by atoms with Crippen molar-refractivity contribution in [3.8, 4) is 23.0 Å². The van der Waals surface area contributed by atoms with E-state index in [1.807, 2.05) is 5.82 Å². The normalized spacial score (nSPS) is 14.2. The molecule has 138 valence electrons. The van der Waals surface area contributed by atoms with Crippen molar-refractivity contribution >= 4 is 31.5 Å². The summed E-state index contributed by atoms with van der Waals surface area (Å²) in [5.41, 5.74) is 0.755. The van der Waals surface area contributed by atoms with Crippen LogP contribution in [0, 0.1) is 0 Å². The second kappa shape index (κ2) is 7.30. The van der Waals surface area contributed by atoms with Gasteiger partial charge in [0.05, 0.1) is 0 Å². The predicted molar refractivity (Wildman–Crippen MR) is 96.0 cm³/mol. The Morgan fingerprint density at radius 3 is 2.07 bits per heavy atom. The van der Waals surface area contributed by atoms with Gasteiger partial charge in [-0.25, -0.2) is 0 Å². The van der Waals surface area contributed by atoms with Gasteiger partial charge in [-0.05, 0) is 0 Å². The van der Waals surface area contributed by atoms with Crippen LogP contribution in [0.4, 0.5) is 0 Å². The SMILES string of the molecule is C[Se]C(=NC(=O)c1ccc2c(c1)OCO2)NC(=O)c1ccc2c(c1)OCO2. The number of ether oxygens (including phenoxy) is 4. The number of aliphatic imine (C=N–C) groups is 1. The van der Waals surface area contributed by atoms with Gasteiger partial charge < -0.3 is 0 Å². The Bertz CT molecular complexity index is 959. The Balaban J connectivity index is 1.49. The number of nitrogens with one attached hydrogen (secondary N) is 1. The first kappa shape index (κ1) is 17.4. The third-order valence-electron chi connectivity index (χ3n) is 3.87. The maximum atomic E-state index is 12.5. The summed E-state index contributed by atoms with van der Waals surface area (Å²) in [6.07, 6.45) is 0. The molecule has 0 bridgehead atoms. The Morgan fingerprint density at radius 2 is 1.44 bits per heavy atom. The molecule has 0 spiro atoms. The Morgan fingerprint density at radius 1 is 0.889 bits per heavy atom. The second-order valence-corrected chi connectivity index (χ2v) is 7.18. The minimum atomic E-state index is -0.460. The second-order valence-electron chi connectivity index (χ2n) is 5.52. The van der Waals surface area contributed by atoms with Crippen molar-refractivity contribution in [1.82, 2.24) is 5.32 Å². The number of rotatable bonds is 3. The molecule has 2 aromatic carbocycles. The average Bonchev–Trinajstić information content (AvgIpc) is 3.34. The molecule has 0 radical (unpaired) electrons. The van der Waals surface area contributed by atoms with Gasteiger partial charge in [0.2, 0.25) is 0 Å². The summed E-state index contributed by atoms with van der Waals surface area (Å²) in [7, 11) is 0. The molecule has 1 N–H and O–H groups in total. The van der Waals surface area contributed by atoms with Crippen LogP contribution in [0.5, 0.6) is 23.0 Å². The Hall–Kier alpha value is -3.03. The van der Waals surface area contributed by atoms with Crippen LogP contribution in [-0.2, 0) is 0 Å². The standard InChI is InChI=1S/C18H14N2O6Se/c1-27-18(19-16(21)10-2-4-12-14(6-10)25-8-23-12)20-17(22)11-3-5-13-15(7-11)26-9-24-13/h2-7H,8-9H2,1H3,(H,19,20,21,22). The third-order valence-corrected chi connectivity index (χ3v) is 5.09. The monoisotopic (exact) mass is 434 g/mol. The van der Waals surface area contributed by atoms with E-state index in [2.05, 4.69) is 10.3 Å². The summed E-state index contributed by atoms with van der Waals surface area (Å²) in [6.45, 7) is 0.264. The van der Waals surface area contributed by atoms with E-state index < -0.39 is 5.91 Å². The topological polar surface area (TPSA) is 95.5 Å². The number of amidine groups is 1. The van der Waals surface area contributed by atoms with Crippen molar-refractivity contribution < 1.29 is 28.5 Å².